The number of fused-ring (bicyclic) bond motifs is 1. The molecular weight excluding hydrogens is 440 g/mol. The Balaban J connectivity index is 2.05. The summed E-state index contributed by atoms with van der Waals surface area (Å²) in [6.45, 7) is 1.99. The molecule has 0 unspecified atom stereocenters. The fourth-order valence-electron chi connectivity index (χ4n) is 3.70. The number of hydrogen-bond acceptors (Lipinski definition) is 7. The van der Waals surface area contributed by atoms with E-state index in [0.717, 1.165) is 11.0 Å². The summed E-state index contributed by atoms with van der Waals surface area (Å²) in [6, 6.07) is 3.42. The fourth-order valence-corrected chi connectivity index (χ4v) is 3.70. The monoisotopic (exact) mass is 468 g/mol. The van der Waals surface area contributed by atoms with E-state index in [1.165, 1.54) is 46.1 Å². The number of methoxy groups -OCH3 is 3. The van der Waals surface area contributed by atoms with Gasteiger partial charge in [-0.2, -0.15) is 0 Å². The Morgan fingerprint density at radius 2 is 1.71 bits per heavy atom. The predicted molar refractivity (Wildman–Crippen MR) is 130 cm³/mol. The molecule has 0 fully saturated rings. The van der Waals surface area contributed by atoms with Crippen LogP contribution in [0.2, 0.25) is 0 Å². The molecule has 0 saturated heterocycles. The third-order valence-corrected chi connectivity index (χ3v) is 5.43. The van der Waals surface area contributed by atoms with Gasteiger partial charge in [0.05, 0.1) is 27.0 Å². The van der Waals surface area contributed by atoms with Gasteiger partial charge in [-0.25, -0.2) is 9.78 Å². The molecule has 1 amide bonds. The smallest absolute Gasteiger partial charge is 0.332 e. The number of nitrogens with one attached hydrogen (secondary N) is 1. The van der Waals surface area contributed by atoms with E-state index >= 15 is 0 Å². The van der Waals surface area contributed by atoms with Crippen molar-refractivity contribution in [2.24, 2.45) is 14.1 Å². The van der Waals surface area contributed by atoms with Gasteiger partial charge in [-0.1, -0.05) is 13.3 Å². The van der Waals surface area contributed by atoms with Gasteiger partial charge in [0, 0.05) is 26.4 Å². The number of anilines is 1. The maximum atomic E-state index is 12.9. The molecule has 3 aromatic rings. The van der Waals surface area contributed by atoms with E-state index in [1.807, 2.05) is 6.92 Å². The van der Waals surface area contributed by atoms with Crippen molar-refractivity contribution in [1.29, 1.82) is 0 Å². The quantitative estimate of drug-likeness (QED) is 0.505. The molecule has 0 aliphatic rings. The lowest BCUT2D eigenvalue weighted by Crippen LogP contribution is -2.38. The van der Waals surface area contributed by atoms with Crippen LogP contribution in [0.25, 0.3) is 17.1 Å². The van der Waals surface area contributed by atoms with Crippen LogP contribution in [0, 0.1) is 0 Å². The highest BCUT2D eigenvalue weighted by Crippen LogP contribution is 2.38. The normalized spacial score (nSPS) is 11.1. The van der Waals surface area contributed by atoms with Crippen LogP contribution in [0.4, 0.5) is 5.69 Å². The van der Waals surface area contributed by atoms with E-state index in [4.69, 9.17) is 14.2 Å². The number of pyridine rings is 1. The van der Waals surface area contributed by atoms with Gasteiger partial charge < -0.3 is 19.5 Å². The molecule has 180 valence electrons. The van der Waals surface area contributed by atoms with Crippen LogP contribution in [0.5, 0.6) is 17.2 Å². The minimum Gasteiger partial charge on any atom is -0.493 e. The second-order valence-electron chi connectivity index (χ2n) is 7.59. The molecular formula is C24H28N4O6. The SMILES string of the molecule is CCCc1cnc2c(c1NC(=O)/C=C\c1cc(OC)c(OC)c(OC)c1)c(=O)n(C)c(=O)n2C. The van der Waals surface area contributed by atoms with Gasteiger partial charge in [0.2, 0.25) is 11.7 Å². The lowest BCUT2D eigenvalue weighted by molar-refractivity contribution is -0.111. The molecule has 1 N–H and O–H groups in total. The van der Waals surface area contributed by atoms with E-state index in [1.54, 1.807) is 24.4 Å². The number of carbonyl (C=O) groups excluding carboxylic acids is 1. The fraction of sp³-hybridized carbons (Fsp3) is 0.333. The summed E-state index contributed by atoms with van der Waals surface area (Å²) < 4.78 is 18.3. The third kappa shape index (κ3) is 4.52. The number of nitrogens with zero attached hydrogens (tertiary/aromatic N) is 3. The van der Waals surface area contributed by atoms with Crippen LogP contribution in [-0.4, -0.2) is 41.4 Å². The van der Waals surface area contributed by atoms with Crippen molar-refractivity contribution in [2.75, 3.05) is 26.6 Å². The topological polar surface area (TPSA) is 114 Å². The van der Waals surface area contributed by atoms with E-state index in [2.05, 4.69) is 10.3 Å². The summed E-state index contributed by atoms with van der Waals surface area (Å²) in [7, 11) is 7.46. The van der Waals surface area contributed by atoms with E-state index in [9.17, 15) is 14.4 Å². The number of carbonyl (C=O) groups is 1. The van der Waals surface area contributed by atoms with Crippen LogP contribution in [0.15, 0.2) is 34.0 Å². The first-order valence-corrected chi connectivity index (χ1v) is 10.6. The summed E-state index contributed by atoms with van der Waals surface area (Å²) >= 11 is 0. The zero-order valence-electron chi connectivity index (χ0n) is 20.1. The van der Waals surface area contributed by atoms with Gasteiger partial charge >= 0.3 is 5.69 Å². The van der Waals surface area contributed by atoms with E-state index in [0.29, 0.717) is 40.5 Å². The number of rotatable bonds is 8. The van der Waals surface area contributed by atoms with Crippen molar-refractivity contribution in [3.63, 3.8) is 0 Å². The first-order valence-electron chi connectivity index (χ1n) is 10.6. The molecule has 0 saturated carbocycles. The van der Waals surface area contributed by atoms with E-state index < -0.39 is 17.2 Å². The number of aryl methyl sites for hydroxylation is 2. The second kappa shape index (κ2) is 10.2. The molecule has 0 aliphatic heterocycles. The maximum Gasteiger partial charge on any atom is 0.332 e. The van der Waals surface area contributed by atoms with Gasteiger partial charge in [-0.3, -0.25) is 18.7 Å². The molecule has 0 aliphatic carbocycles. The number of aromatic nitrogens is 3. The van der Waals surface area contributed by atoms with Crippen LogP contribution in [0.3, 0.4) is 0 Å². The molecule has 10 heteroatoms. The summed E-state index contributed by atoms with van der Waals surface area (Å²) in [5.74, 6) is 0.906. The molecule has 0 atom stereocenters. The highest BCUT2D eigenvalue weighted by atomic mass is 16.5. The summed E-state index contributed by atoms with van der Waals surface area (Å²) in [4.78, 5) is 42.5. The first-order chi connectivity index (χ1) is 16.3. The Labute approximate surface area is 196 Å². The van der Waals surface area contributed by atoms with Crippen molar-refractivity contribution in [2.45, 2.75) is 19.8 Å². The zero-order chi connectivity index (χ0) is 25.0. The average molecular weight is 469 g/mol. The molecule has 2 aromatic heterocycles. The first kappa shape index (κ1) is 24.6. The summed E-state index contributed by atoms with van der Waals surface area (Å²) in [5.41, 5.74) is 0.899. The number of ether oxygens (including phenoxy) is 3. The predicted octanol–water partition coefficient (Wildman–Crippen LogP) is 2.26. The van der Waals surface area contributed by atoms with Crippen LogP contribution in [-0.2, 0) is 25.3 Å². The van der Waals surface area contributed by atoms with Crippen LogP contribution >= 0.6 is 0 Å². The van der Waals surface area contributed by atoms with Crippen molar-refractivity contribution >= 4 is 28.7 Å². The molecule has 0 bridgehead atoms. The molecule has 3 rings (SSSR count). The third-order valence-electron chi connectivity index (χ3n) is 5.43. The molecule has 10 nitrogen and oxygen atoms in total. The van der Waals surface area contributed by atoms with Crippen molar-refractivity contribution in [3.05, 3.63) is 56.4 Å². The van der Waals surface area contributed by atoms with Gasteiger partial charge in [0.25, 0.3) is 5.56 Å². The van der Waals surface area contributed by atoms with Gasteiger partial charge in [0.1, 0.15) is 5.39 Å². The highest BCUT2D eigenvalue weighted by Gasteiger charge is 2.18. The molecule has 0 radical (unpaired) electrons. The van der Waals surface area contributed by atoms with Gasteiger partial charge in [0.15, 0.2) is 17.1 Å². The lowest BCUT2D eigenvalue weighted by Gasteiger charge is -2.15. The Kier molecular flexibility index (Phi) is 7.40. The van der Waals surface area contributed by atoms with Crippen LogP contribution < -0.4 is 30.8 Å². The van der Waals surface area contributed by atoms with Gasteiger partial charge in [-0.15, -0.1) is 0 Å². The Morgan fingerprint density at radius 3 is 2.26 bits per heavy atom. The summed E-state index contributed by atoms with van der Waals surface area (Å²) in [5, 5.41) is 3.01. The number of benzene rings is 1. The largest absolute Gasteiger partial charge is 0.493 e. The molecule has 1 aromatic carbocycles. The van der Waals surface area contributed by atoms with Crippen molar-refractivity contribution < 1.29 is 19.0 Å². The highest BCUT2D eigenvalue weighted by molar-refractivity contribution is 6.07. The number of amides is 1. The average Bonchev–Trinajstić information content (AvgIpc) is 2.84. The Bertz CT molecular complexity index is 1360. The van der Waals surface area contributed by atoms with Gasteiger partial charge in [-0.05, 0) is 35.8 Å². The molecule has 2 heterocycles. The number of hydrogen-bond donors (Lipinski definition) is 1. The molecule has 34 heavy (non-hydrogen) atoms. The van der Waals surface area contributed by atoms with E-state index in [-0.39, 0.29) is 11.0 Å². The minimum atomic E-state index is -0.521. The van der Waals surface area contributed by atoms with Crippen molar-refractivity contribution in [1.82, 2.24) is 14.1 Å². The lowest BCUT2D eigenvalue weighted by atomic mass is 10.1. The maximum absolute atomic E-state index is 12.9. The molecule has 0 spiro atoms. The summed E-state index contributed by atoms with van der Waals surface area (Å²) in [6.07, 6.45) is 5.90. The Morgan fingerprint density at radius 1 is 1.06 bits per heavy atom. The second-order valence-corrected chi connectivity index (χ2v) is 7.59. The minimum absolute atomic E-state index is 0.185. The Hall–Kier alpha value is -4.08. The zero-order valence-corrected chi connectivity index (χ0v) is 20.1. The van der Waals surface area contributed by atoms with Crippen LogP contribution in [0.1, 0.15) is 24.5 Å². The standard InChI is InChI=1S/C24H28N4O6/c1-7-8-15-13-25-22-19(23(30)28(3)24(31)27(22)2)20(15)26-18(29)10-9-14-11-16(32-4)21(34-6)17(12-14)33-5/h9-13H,7-8H2,1-6H3,(H,25,26,29)/b10-9-. The van der Waals surface area contributed by atoms with Crippen molar-refractivity contribution in [3.8, 4) is 17.2 Å².